The topological polar surface area (TPSA) is 93.1 Å². The van der Waals surface area contributed by atoms with Crippen molar-refractivity contribution in [2.75, 3.05) is 0 Å². The van der Waals surface area contributed by atoms with Gasteiger partial charge in [-0.1, -0.05) is 6.58 Å². The molecule has 6 nitrogen and oxygen atoms in total. The predicted octanol–water partition coefficient (Wildman–Crippen LogP) is 2.59. The molecule has 0 rings (SSSR count). The standard InChI is InChI=1S/C13H25O6P/c1-9(2)11(14)19-12(4,5)8-10(3)18-13(6,7)20(15,16)17/h10H,1,8H2,2-7H3,(H2,15,16,17). The zero-order valence-electron chi connectivity index (χ0n) is 13.0. The minimum atomic E-state index is -4.38. The van der Waals surface area contributed by atoms with E-state index < -0.39 is 30.6 Å². The molecule has 2 N–H and O–H groups in total. The number of hydrogen-bond acceptors (Lipinski definition) is 4. The first kappa shape index (κ1) is 19.3. The van der Waals surface area contributed by atoms with E-state index >= 15 is 0 Å². The Kier molecular flexibility index (Phi) is 6.18. The van der Waals surface area contributed by atoms with Crippen molar-refractivity contribution in [1.29, 1.82) is 0 Å². The van der Waals surface area contributed by atoms with Crippen LogP contribution in [0.15, 0.2) is 12.2 Å². The van der Waals surface area contributed by atoms with Gasteiger partial charge in [0.15, 0.2) is 5.34 Å². The molecule has 0 bridgehead atoms. The Bertz CT molecular complexity index is 421. The first-order valence-corrected chi connectivity index (χ1v) is 7.91. The van der Waals surface area contributed by atoms with Crippen molar-refractivity contribution in [3.63, 3.8) is 0 Å². The van der Waals surface area contributed by atoms with E-state index in [9.17, 15) is 19.1 Å². The Balaban J connectivity index is 4.68. The summed E-state index contributed by atoms with van der Waals surface area (Å²) in [4.78, 5) is 29.9. The second-order valence-electron chi connectivity index (χ2n) is 6.05. The van der Waals surface area contributed by atoms with Gasteiger partial charge in [-0.3, -0.25) is 4.57 Å². The van der Waals surface area contributed by atoms with E-state index in [0.717, 1.165) is 0 Å². The minimum Gasteiger partial charge on any atom is -0.456 e. The van der Waals surface area contributed by atoms with Crippen molar-refractivity contribution in [3.8, 4) is 0 Å². The Morgan fingerprint density at radius 3 is 2.10 bits per heavy atom. The smallest absolute Gasteiger partial charge is 0.356 e. The molecule has 0 aliphatic heterocycles. The number of hydrogen-bond donors (Lipinski definition) is 2. The summed E-state index contributed by atoms with van der Waals surface area (Å²) >= 11 is 0. The normalized spacial score (nSPS) is 14.8. The third kappa shape index (κ3) is 6.18. The largest absolute Gasteiger partial charge is 0.456 e. The van der Waals surface area contributed by atoms with Crippen LogP contribution >= 0.6 is 7.60 Å². The van der Waals surface area contributed by atoms with Gasteiger partial charge in [0.1, 0.15) is 5.60 Å². The Morgan fingerprint density at radius 1 is 1.30 bits per heavy atom. The lowest BCUT2D eigenvalue weighted by atomic mass is 10.0. The van der Waals surface area contributed by atoms with Gasteiger partial charge >= 0.3 is 13.6 Å². The third-order valence-corrected chi connectivity index (χ3v) is 4.20. The minimum absolute atomic E-state index is 0.294. The fraction of sp³-hybridized carbons (Fsp3) is 0.769. The molecule has 118 valence electrons. The van der Waals surface area contributed by atoms with Crippen LogP contribution in [0.3, 0.4) is 0 Å². The first-order chi connectivity index (χ1) is 8.68. The van der Waals surface area contributed by atoms with Crippen LogP contribution in [0.2, 0.25) is 0 Å². The van der Waals surface area contributed by atoms with Crippen molar-refractivity contribution in [2.24, 2.45) is 0 Å². The second-order valence-corrected chi connectivity index (χ2v) is 8.22. The van der Waals surface area contributed by atoms with Crippen molar-refractivity contribution in [3.05, 3.63) is 12.2 Å². The zero-order valence-corrected chi connectivity index (χ0v) is 13.9. The molecule has 1 unspecified atom stereocenters. The summed E-state index contributed by atoms with van der Waals surface area (Å²) < 4.78 is 22.0. The van der Waals surface area contributed by atoms with Crippen LogP contribution in [0.4, 0.5) is 0 Å². The summed E-state index contributed by atoms with van der Waals surface area (Å²) in [5.74, 6) is -0.503. The molecule has 20 heavy (non-hydrogen) atoms. The maximum Gasteiger partial charge on any atom is 0.356 e. The summed E-state index contributed by atoms with van der Waals surface area (Å²) in [6.07, 6.45) is -0.194. The van der Waals surface area contributed by atoms with Crippen LogP contribution in [-0.2, 0) is 18.8 Å². The average Bonchev–Trinajstić information content (AvgIpc) is 2.11. The molecule has 0 heterocycles. The summed E-state index contributed by atoms with van der Waals surface area (Å²) in [5.41, 5.74) is -0.525. The zero-order chi connectivity index (χ0) is 16.4. The predicted molar refractivity (Wildman–Crippen MR) is 76.3 cm³/mol. The van der Waals surface area contributed by atoms with Gasteiger partial charge in [0.2, 0.25) is 0 Å². The molecule has 0 aliphatic carbocycles. The fourth-order valence-corrected chi connectivity index (χ4v) is 1.99. The third-order valence-electron chi connectivity index (χ3n) is 2.69. The van der Waals surface area contributed by atoms with Gasteiger partial charge in [-0.15, -0.1) is 0 Å². The maximum absolute atomic E-state index is 11.5. The first-order valence-electron chi connectivity index (χ1n) is 6.30. The number of carbonyl (C=O) groups is 1. The van der Waals surface area contributed by atoms with Crippen molar-refractivity contribution < 1.29 is 28.6 Å². The van der Waals surface area contributed by atoms with Gasteiger partial charge in [-0.05, 0) is 41.5 Å². The maximum atomic E-state index is 11.5. The van der Waals surface area contributed by atoms with Crippen molar-refractivity contribution in [1.82, 2.24) is 0 Å². The summed E-state index contributed by atoms with van der Waals surface area (Å²) in [7, 11) is -4.38. The summed E-state index contributed by atoms with van der Waals surface area (Å²) in [5, 5.41) is -1.58. The highest BCUT2D eigenvalue weighted by molar-refractivity contribution is 7.53. The Hall–Kier alpha value is -0.680. The van der Waals surface area contributed by atoms with Crippen LogP contribution in [0, 0.1) is 0 Å². The molecule has 0 aromatic carbocycles. The lowest BCUT2D eigenvalue weighted by molar-refractivity contribution is -0.156. The van der Waals surface area contributed by atoms with Crippen LogP contribution in [0.5, 0.6) is 0 Å². The number of esters is 1. The number of carbonyl (C=O) groups excluding carboxylic acids is 1. The van der Waals surface area contributed by atoms with Crippen LogP contribution in [0.25, 0.3) is 0 Å². The summed E-state index contributed by atoms with van der Waals surface area (Å²) in [6.45, 7) is 12.8. The molecule has 0 fully saturated rings. The molecule has 7 heteroatoms. The molecule has 0 aromatic heterocycles. The molecule has 0 saturated heterocycles. The van der Waals surface area contributed by atoms with Gasteiger partial charge in [0.25, 0.3) is 0 Å². The van der Waals surface area contributed by atoms with Crippen LogP contribution in [0.1, 0.15) is 48.0 Å². The lowest BCUT2D eigenvalue weighted by Crippen LogP contribution is -2.36. The van der Waals surface area contributed by atoms with E-state index in [4.69, 9.17) is 9.47 Å². The molecular formula is C13H25O6P. The molecule has 0 radical (unpaired) electrons. The highest BCUT2D eigenvalue weighted by Gasteiger charge is 2.41. The molecule has 0 amide bonds. The van der Waals surface area contributed by atoms with Crippen molar-refractivity contribution >= 4 is 13.6 Å². The van der Waals surface area contributed by atoms with Crippen LogP contribution < -0.4 is 0 Å². The molecule has 0 aliphatic rings. The monoisotopic (exact) mass is 308 g/mol. The van der Waals surface area contributed by atoms with E-state index in [0.29, 0.717) is 12.0 Å². The van der Waals surface area contributed by atoms with Crippen LogP contribution in [-0.4, -0.2) is 32.8 Å². The second kappa shape index (κ2) is 6.39. The Morgan fingerprint density at radius 2 is 1.75 bits per heavy atom. The Labute approximate surface area is 120 Å². The quantitative estimate of drug-likeness (QED) is 0.426. The molecule has 0 spiro atoms. The molecular weight excluding hydrogens is 283 g/mol. The van der Waals surface area contributed by atoms with Gasteiger partial charge in [-0.2, -0.15) is 0 Å². The van der Waals surface area contributed by atoms with E-state index in [1.54, 1.807) is 27.7 Å². The average molecular weight is 308 g/mol. The van der Waals surface area contributed by atoms with E-state index in [2.05, 4.69) is 6.58 Å². The summed E-state index contributed by atoms with van der Waals surface area (Å²) in [6, 6.07) is 0. The highest BCUT2D eigenvalue weighted by Crippen LogP contribution is 2.51. The number of rotatable bonds is 7. The SMILES string of the molecule is C=C(C)C(=O)OC(C)(C)CC(C)OC(C)(C)P(=O)(O)O. The fourth-order valence-electron chi connectivity index (χ4n) is 1.67. The molecule has 0 aromatic rings. The van der Waals surface area contributed by atoms with Gasteiger partial charge in [0, 0.05) is 12.0 Å². The molecule has 0 saturated carbocycles. The number of ether oxygens (including phenoxy) is 2. The molecule has 1 atom stereocenters. The van der Waals surface area contributed by atoms with Gasteiger partial charge < -0.3 is 19.3 Å². The lowest BCUT2D eigenvalue weighted by Gasteiger charge is -2.33. The highest BCUT2D eigenvalue weighted by atomic mass is 31.2. The van der Waals surface area contributed by atoms with E-state index in [1.165, 1.54) is 13.8 Å². The van der Waals surface area contributed by atoms with Gasteiger partial charge in [0.05, 0.1) is 6.10 Å². The van der Waals surface area contributed by atoms with Gasteiger partial charge in [-0.25, -0.2) is 4.79 Å². The van der Waals surface area contributed by atoms with E-state index in [1.807, 2.05) is 0 Å². The van der Waals surface area contributed by atoms with E-state index in [-0.39, 0.29) is 0 Å². The van der Waals surface area contributed by atoms with Crippen molar-refractivity contribution in [2.45, 2.75) is 65.0 Å².